The number of carbonyl (C=O) groups is 1. The number of hydrogen-bond donors (Lipinski definition) is 2. The first-order chi connectivity index (χ1) is 13.5. The SMILES string of the molecule is CC(C)COCCCNC(=O)N(C)CCCc1cc(-c2cccc(F)c2)n[nH]1. The molecule has 2 N–H and O–H groups in total. The Hall–Kier alpha value is -2.41. The third-order valence-corrected chi connectivity index (χ3v) is 4.23. The van der Waals surface area contributed by atoms with Gasteiger partial charge < -0.3 is 15.0 Å². The lowest BCUT2D eigenvalue weighted by molar-refractivity contribution is 0.108. The van der Waals surface area contributed by atoms with Gasteiger partial charge in [-0.2, -0.15) is 5.10 Å². The van der Waals surface area contributed by atoms with Gasteiger partial charge in [-0.1, -0.05) is 26.0 Å². The summed E-state index contributed by atoms with van der Waals surface area (Å²) >= 11 is 0. The first kappa shape index (κ1) is 21.9. The van der Waals surface area contributed by atoms with Gasteiger partial charge in [-0.15, -0.1) is 0 Å². The number of halogens is 1. The van der Waals surface area contributed by atoms with E-state index in [2.05, 4.69) is 29.4 Å². The molecule has 7 heteroatoms. The molecule has 2 rings (SSSR count). The maximum Gasteiger partial charge on any atom is 0.317 e. The topological polar surface area (TPSA) is 70.2 Å². The van der Waals surface area contributed by atoms with E-state index in [1.54, 1.807) is 18.0 Å². The van der Waals surface area contributed by atoms with Gasteiger partial charge in [0, 0.05) is 44.6 Å². The van der Waals surface area contributed by atoms with Crippen LogP contribution in [0.25, 0.3) is 11.3 Å². The van der Waals surface area contributed by atoms with Crippen molar-refractivity contribution in [1.82, 2.24) is 20.4 Å². The van der Waals surface area contributed by atoms with Crippen LogP contribution in [-0.2, 0) is 11.2 Å². The number of amides is 2. The molecule has 0 bridgehead atoms. The van der Waals surface area contributed by atoms with Gasteiger partial charge in [-0.25, -0.2) is 9.18 Å². The van der Waals surface area contributed by atoms with Crippen molar-refractivity contribution in [2.45, 2.75) is 33.1 Å². The maximum atomic E-state index is 13.3. The molecule has 0 aliphatic carbocycles. The van der Waals surface area contributed by atoms with Gasteiger partial charge in [0.2, 0.25) is 0 Å². The predicted octanol–water partition coefficient (Wildman–Crippen LogP) is 3.85. The van der Waals surface area contributed by atoms with Crippen LogP contribution in [0.1, 0.15) is 32.4 Å². The molecule has 6 nitrogen and oxygen atoms in total. The molecule has 0 saturated heterocycles. The molecule has 1 aromatic carbocycles. The van der Waals surface area contributed by atoms with Gasteiger partial charge in [0.1, 0.15) is 5.82 Å². The minimum Gasteiger partial charge on any atom is -0.381 e. The van der Waals surface area contributed by atoms with Gasteiger partial charge >= 0.3 is 6.03 Å². The summed E-state index contributed by atoms with van der Waals surface area (Å²) in [5, 5.41) is 10.1. The summed E-state index contributed by atoms with van der Waals surface area (Å²) in [6.45, 7) is 6.89. The number of hydrogen-bond acceptors (Lipinski definition) is 3. The van der Waals surface area contributed by atoms with Crippen molar-refractivity contribution < 1.29 is 13.9 Å². The van der Waals surface area contributed by atoms with E-state index >= 15 is 0 Å². The second kappa shape index (κ2) is 11.4. The van der Waals surface area contributed by atoms with Crippen molar-refractivity contribution in [1.29, 1.82) is 0 Å². The highest BCUT2D eigenvalue weighted by molar-refractivity contribution is 5.73. The van der Waals surface area contributed by atoms with Crippen molar-refractivity contribution in [3.8, 4) is 11.3 Å². The van der Waals surface area contributed by atoms with Crippen LogP contribution in [0.5, 0.6) is 0 Å². The van der Waals surface area contributed by atoms with Crippen LogP contribution in [0.3, 0.4) is 0 Å². The lowest BCUT2D eigenvalue weighted by Crippen LogP contribution is -2.38. The van der Waals surface area contributed by atoms with Gasteiger partial charge in [0.05, 0.1) is 5.69 Å². The molecule has 1 heterocycles. The van der Waals surface area contributed by atoms with E-state index in [-0.39, 0.29) is 11.8 Å². The highest BCUT2D eigenvalue weighted by Gasteiger charge is 2.09. The van der Waals surface area contributed by atoms with E-state index in [0.717, 1.165) is 42.8 Å². The molecular weight excluding hydrogens is 359 g/mol. The Bertz CT molecular complexity index is 733. The van der Waals surface area contributed by atoms with Crippen LogP contribution >= 0.6 is 0 Å². The number of nitrogens with one attached hydrogen (secondary N) is 2. The van der Waals surface area contributed by atoms with E-state index in [4.69, 9.17) is 4.74 Å². The van der Waals surface area contributed by atoms with Gasteiger partial charge in [-0.3, -0.25) is 5.10 Å². The molecule has 2 amide bonds. The molecule has 0 saturated carbocycles. The summed E-state index contributed by atoms with van der Waals surface area (Å²) < 4.78 is 18.8. The second-order valence-corrected chi connectivity index (χ2v) is 7.37. The fraction of sp³-hybridized carbons (Fsp3) is 0.524. The molecule has 0 aliphatic rings. The van der Waals surface area contributed by atoms with Crippen LogP contribution in [0.15, 0.2) is 30.3 Å². The summed E-state index contributed by atoms with van der Waals surface area (Å²) in [5.74, 6) is 0.252. The molecule has 0 spiro atoms. The minimum absolute atomic E-state index is 0.0751. The van der Waals surface area contributed by atoms with E-state index in [1.807, 2.05) is 12.1 Å². The standard InChI is InChI=1S/C21H31FN4O2/c1-16(2)15-28-12-6-10-23-21(27)26(3)11-5-9-19-14-20(25-24-19)17-7-4-8-18(22)13-17/h4,7-8,13-14,16H,5-6,9-12,15H2,1-3H3,(H,23,27)(H,24,25). The Balaban J connectivity index is 1.64. The van der Waals surface area contributed by atoms with E-state index in [9.17, 15) is 9.18 Å². The Morgan fingerprint density at radius 2 is 2.14 bits per heavy atom. The Kier molecular flexibility index (Phi) is 8.94. The van der Waals surface area contributed by atoms with E-state index in [1.165, 1.54) is 12.1 Å². The number of benzene rings is 1. The van der Waals surface area contributed by atoms with Crippen molar-refractivity contribution >= 4 is 6.03 Å². The molecule has 1 aromatic heterocycles. The van der Waals surface area contributed by atoms with E-state index < -0.39 is 0 Å². The third kappa shape index (κ3) is 7.68. The Labute approximate surface area is 166 Å². The quantitative estimate of drug-likeness (QED) is 0.573. The first-order valence-electron chi connectivity index (χ1n) is 9.82. The largest absolute Gasteiger partial charge is 0.381 e. The number of carbonyl (C=O) groups excluding carboxylic acids is 1. The van der Waals surface area contributed by atoms with Crippen molar-refractivity contribution in [3.05, 3.63) is 41.8 Å². The fourth-order valence-electron chi connectivity index (χ4n) is 2.72. The normalized spacial score (nSPS) is 11.0. The predicted molar refractivity (Wildman–Crippen MR) is 109 cm³/mol. The zero-order valence-electron chi connectivity index (χ0n) is 17.0. The van der Waals surface area contributed by atoms with Crippen molar-refractivity contribution in [2.24, 2.45) is 5.92 Å². The summed E-state index contributed by atoms with van der Waals surface area (Å²) in [6.07, 6.45) is 2.39. The summed E-state index contributed by atoms with van der Waals surface area (Å²) in [5.41, 5.74) is 2.44. The molecule has 0 fully saturated rings. The zero-order valence-corrected chi connectivity index (χ0v) is 17.0. The highest BCUT2D eigenvalue weighted by atomic mass is 19.1. The van der Waals surface area contributed by atoms with Crippen molar-refractivity contribution in [3.63, 3.8) is 0 Å². The number of nitrogens with zero attached hydrogens (tertiary/aromatic N) is 2. The Morgan fingerprint density at radius 1 is 1.32 bits per heavy atom. The molecule has 0 atom stereocenters. The smallest absolute Gasteiger partial charge is 0.317 e. The number of urea groups is 1. The average Bonchev–Trinajstić information content (AvgIpc) is 3.13. The number of aromatic amines is 1. The van der Waals surface area contributed by atoms with Crippen LogP contribution in [0.2, 0.25) is 0 Å². The molecule has 0 radical (unpaired) electrons. The van der Waals surface area contributed by atoms with Crippen LogP contribution in [0, 0.1) is 11.7 Å². The van der Waals surface area contributed by atoms with E-state index in [0.29, 0.717) is 25.6 Å². The van der Waals surface area contributed by atoms with Gasteiger partial charge in [0.15, 0.2) is 0 Å². The number of aromatic nitrogens is 2. The second-order valence-electron chi connectivity index (χ2n) is 7.37. The molecule has 28 heavy (non-hydrogen) atoms. The summed E-state index contributed by atoms with van der Waals surface area (Å²) in [6, 6.07) is 8.22. The molecule has 154 valence electrons. The van der Waals surface area contributed by atoms with Gasteiger partial charge in [0.25, 0.3) is 0 Å². The fourth-order valence-corrected chi connectivity index (χ4v) is 2.72. The highest BCUT2D eigenvalue weighted by Crippen LogP contribution is 2.19. The van der Waals surface area contributed by atoms with Crippen molar-refractivity contribution in [2.75, 3.05) is 33.4 Å². The lowest BCUT2D eigenvalue weighted by Gasteiger charge is -2.17. The van der Waals surface area contributed by atoms with Crippen LogP contribution in [0.4, 0.5) is 9.18 Å². The summed E-state index contributed by atoms with van der Waals surface area (Å²) in [7, 11) is 1.79. The first-order valence-corrected chi connectivity index (χ1v) is 9.82. The average molecular weight is 391 g/mol. The van der Waals surface area contributed by atoms with Gasteiger partial charge in [-0.05, 0) is 43.4 Å². The van der Waals surface area contributed by atoms with Crippen LogP contribution in [-0.4, -0.2) is 54.5 Å². The number of H-pyrrole nitrogens is 1. The molecule has 0 unspecified atom stereocenters. The number of aryl methyl sites for hydroxylation is 1. The lowest BCUT2D eigenvalue weighted by atomic mass is 10.1. The Morgan fingerprint density at radius 3 is 2.89 bits per heavy atom. The van der Waals surface area contributed by atoms with Crippen LogP contribution < -0.4 is 5.32 Å². The number of rotatable bonds is 11. The minimum atomic E-state index is -0.277. The molecule has 2 aromatic rings. The summed E-state index contributed by atoms with van der Waals surface area (Å²) in [4.78, 5) is 13.7. The third-order valence-electron chi connectivity index (χ3n) is 4.23. The maximum absolute atomic E-state index is 13.3. The molecular formula is C21H31FN4O2. The monoisotopic (exact) mass is 390 g/mol. The molecule has 0 aliphatic heterocycles. The zero-order chi connectivity index (χ0) is 20.4. The number of ether oxygens (including phenoxy) is 1.